The van der Waals surface area contributed by atoms with Crippen LogP contribution in [0.2, 0.25) is 5.02 Å². The number of ether oxygens (including phenoxy) is 3. The van der Waals surface area contributed by atoms with E-state index in [0.29, 0.717) is 10.4 Å². The van der Waals surface area contributed by atoms with Crippen molar-refractivity contribution in [1.29, 1.82) is 0 Å². The summed E-state index contributed by atoms with van der Waals surface area (Å²) in [7, 11) is 2.77. The lowest BCUT2D eigenvalue weighted by Gasteiger charge is -2.16. The van der Waals surface area contributed by atoms with Crippen LogP contribution in [0, 0.1) is 0 Å². The number of carbonyl (C=O) groups is 2. The van der Waals surface area contributed by atoms with E-state index in [-0.39, 0.29) is 28.4 Å². The van der Waals surface area contributed by atoms with Gasteiger partial charge in [-0.05, 0) is 29.8 Å². The van der Waals surface area contributed by atoms with Gasteiger partial charge in [0.1, 0.15) is 11.3 Å². The Labute approximate surface area is 171 Å². The summed E-state index contributed by atoms with van der Waals surface area (Å²) >= 11 is 5.87. The van der Waals surface area contributed by atoms with Gasteiger partial charge in [-0.15, -0.1) is 0 Å². The Bertz CT molecular complexity index is 1080. The summed E-state index contributed by atoms with van der Waals surface area (Å²) in [5, 5.41) is 10.1. The van der Waals surface area contributed by atoms with E-state index in [1.807, 2.05) is 0 Å². The lowest BCUT2D eigenvalue weighted by atomic mass is 10.0. The van der Waals surface area contributed by atoms with Crippen LogP contribution in [0.25, 0.3) is 17.0 Å². The van der Waals surface area contributed by atoms with Gasteiger partial charge in [0.15, 0.2) is 23.7 Å². The van der Waals surface area contributed by atoms with Gasteiger partial charge in [-0.25, -0.2) is 4.79 Å². The van der Waals surface area contributed by atoms with E-state index < -0.39 is 18.4 Å². The topological polar surface area (TPSA) is 95.2 Å². The molecule has 0 atom stereocenters. The number of methoxy groups -OCH3 is 2. The molecule has 3 aromatic rings. The first kappa shape index (κ1) is 20.3. The number of hydrogen-bond acceptors (Lipinski definition) is 6. The highest BCUT2D eigenvalue weighted by molar-refractivity contribution is 6.30. The normalized spacial score (nSPS) is 11.0. The van der Waals surface area contributed by atoms with Crippen molar-refractivity contribution in [3.8, 4) is 17.2 Å². The number of halogens is 1. The lowest BCUT2D eigenvalue weighted by molar-refractivity contribution is -0.139. The number of ketones is 1. The summed E-state index contributed by atoms with van der Waals surface area (Å²) in [5.41, 5.74) is 1.07. The SMILES string of the molecule is COc1c(C(=O)/C=C/c2ccc(Cl)cc2)c(OCC(=O)O)c(OC)c2occc12. The third-order valence-corrected chi connectivity index (χ3v) is 4.32. The number of carboxylic acids is 1. The third kappa shape index (κ3) is 4.20. The molecule has 0 bridgehead atoms. The lowest BCUT2D eigenvalue weighted by Crippen LogP contribution is -2.13. The van der Waals surface area contributed by atoms with Gasteiger partial charge in [-0.3, -0.25) is 4.79 Å². The first-order chi connectivity index (χ1) is 14.0. The standard InChI is InChI=1S/C21H17ClO7/c1-26-18-14-9-10-28-19(14)21(27-2)20(29-11-16(24)25)17(18)15(23)8-5-12-3-6-13(22)7-4-12/h3-10H,11H2,1-2H3,(H,24,25)/b8-5+. The first-order valence-corrected chi connectivity index (χ1v) is 8.81. The Balaban J connectivity index is 2.14. The smallest absolute Gasteiger partial charge is 0.341 e. The van der Waals surface area contributed by atoms with E-state index >= 15 is 0 Å². The zero-order chi connectivity index (χ0) is 21.0. The van der Waals surface area contributed by atoms with E-state index in [2.05, 4.69) is 0 Å². The third-order valence-electron chi connectivity index (χ3n) is 4.07. The zero-order valence-electron chi connectivity index (χ0n) is 15.6. The van der Waals surface area contributed by atoms with Crippen molar-refractivity contribution in [3.63, 3.8) is 0 Å². The fraction of sp³-hybridized carbons (Fsp3) is 0.143. The van der Waals surface area contributed by atoms with Gasteiger partial charge in [0, 0.05) is 5.02 Å². The van der Waals surface area contributed by atoms with Crippen molar-refractivity contribution in [1.82, 2.24) is 0 Å². The molecular formula is C21H17ClO7. The van der Waals surface area contributed by atoms with Gasteiger partial charge in [-0.2, -0.15) is 0 Å². The zero-order valence-corrected chi connectivity index (χ0v) is 16.4. The van der Waals surface area contributed by atoms with Crippen molar-refractivity contribution < 1.29 is 33.3 Å². The molecule has 1 N–H and O–H groups in total. The summed E-state index contributed by atoms with van der Waals surface area (Å²) in [5.74, 6) is -1.44. The monoisotopic (exact) mass is 416 g/mol. The quantitative estimate of drug-likeness (QED) is 0.427. The largest absolute Gasteiger partial charge is 0.495 e. The maximum atomic E-state index is 13.1. The first-order valence-electron chi connectivity index (χ1n) is 8.44. The highest BCUT2D eigenvalue weighted by atomic mass is 35.5. The van der Waals surface area contributed by atoms with Crippen LogP contribution in [0.5, 0.6) is 17.2 Å². The van der Waals surface area contributed by atoms with Crippen molar-refractivity contribution in [2.75, 3.05) is 20.8 Å². The highest BCUT2D eigenvalue weighted by Gasteiger charge is 2.28. The molecule has 1 heterocycles. The van der Waals surface area contributed by atoms with Crippen LogP contribution in [0.1, 0.15) is 15.9 Å². The minimum absolute atomic E-state index is 0.0321. The summed E-state index contributed by atoms with van der Waals surface area (Å²) in [6.45, 7) is -0.674. The van der Waals surface area contributed by atoms with Gasteiger partial charge in [0.05, 0.1) is 25.9 Å². The molecule has 0 aliphatic carbocycles. The molecule has 0 unspecified atom stereocenters. The van der Waals surface area contributed by atoms with Crippen LogP contribution < -0.4 is 14.2 Å². The number of hydrogen-bond donors (Lipinski definition) is 1. The molecule has 150 valence electrons. The molecule has 0 radical (unpaired) electrons. The highest BCUT2D eigenvalue weighted by Crippen LogP contribution is 2.46. The van der Waals surface area contributed by atoms with E-state index in [9.17, 15) is 9.59 Å². The Morgan fingerprint density at radius 2 is 1.76 bits per heavy atom. The minimum Gasteiger partial charge on any atom is -0.495 e. The fourth-order valence-electron chi connectivity index (χ4n) is 2.84. The summed E-state index contributed by atoms with van der Waals surface area (Å²) < 4.78 is 21.6. The van der Waals surface area contributed by atoms with Gasteiger partial charge in [-0.1, -0.05) is 29.8 Å². The number of furan rings is 1. The van der Waals surface area contributed by atoms with Gasteiger partial charge in [0.2, 0.25) is 5.75 Å². The molecule has 0 fully saturated rings. The van der Waals surface area contributed by atoms with Crippen LogP contribution in [-0.2, 0) is 4.79 Å². The second-order valence-corrected chi connectivity index (χ2v) is 6.30. The van der Waals surface area contributed by atoms with Gasteiger partial charge in [0.25, 0.3) is 0 Å². The summed E-state index contributed by atoms with van der Waals surface area (Å²) in [4.78, 5) is 24.1. The molecule has 29 heavy (non-hydrogen) atoms. The van der Waals surface area contributed by atoms with Gasteiger partial charge < -0.3 is 23.7 Å². The minimum atomic E-state index is -1.21. The summed E-state index contributed by atoms with van der Waals surface area (Å²) in [6, 6.07) is 8.54. The van der Waals surface area contributed by atoms with Crippen molar-refractivity contribution in [3.05, 3.63) is 58.8 Å². The Morgan fingerprint density at radius 3 is 2.38 bits per heavy atom. The molecule has 0 amide bonds. The number of rotatable bonds is 8. The molecule has 7 nitrogen and oxygen atoms in total. The average molecular weight is 417 g/mol. The molecular weight excluding hydrogens is 400 g/mol. The number of carboxylic acid groups (broad SMARTS) is 1. The second kappa shape index (κ2) is 8.70. The van der Waals surface area contributed by atoms with E-state index in [1.165, 1.54) is 26.6 Å². The molecule has 0 aliphatic rings. The molecule has 8 heteroatoms. The molecule has 0 aliphatic heterocycles. The maximum absolute atomic E-state index is 13.1. The van der Waals surface area contributed by atoms with Crippen molar-refractivity contribution in [2.45, 2.75) is 0 Å². The van der Waals surface area contributed by atoms with Gasteiger partial charge >= 0.3 is 5.97 Å². The Hall–Kier alpha value is -3.45. The van der Waals surface area contributed by atoms with E-state index in [0.717, 1.165) is 5.56 Å². The average Bonchev–Trinajstić information content (AvgIpc) is 3.19. The number of fused-ring (bicyclic) bond motifs is 1. The van der Waals surface area contributed by atoms with E-state index in [4.69, 9.17) is 35.3 Å². The summed E-state index contributed by atoms with van der Waals surface area (Å²) in [6.07, 6.45) is 4.35. The fourth-order valence-corrected chi connectivity index (χ4v) is 2.97. The maximum Gasteiger partial charge on any atom is 0.341 e. The van der Waals surface area contributed by atoms with Crippen molar-refractivity contribution >= 4 is 40.4 Å². The number of aliphatic carboxylic acids is 1. The number of benzene rings is 2. The molecule has 3 rings (SSSR count). The predicted molar refractivity (Wildman–Crippen MR) is 107 cm³/mol. The molecule has 2 aromatic carbocycles. The van der Waals surface area contributed by atoms with Crippen LogP contribution in [-0.4, -0.2) is 37.7 Å². The van der Waals surface area contributed by atoms with Crippen LogP contribution >= 0.6 is 11.6 Å². The number of allylic oxidation sites excluding steroid dienone is 1. The predicted octanol–water partition coefficient (Wildman–Crippen LogP) is 4.46. The molecule has 1 aromatic heterocycles. The molecule has 0 saturated carbocycles. The molecule has 0 spiro atoms. The Morgan fingerprint density at radius 1 is 1.07 bits per heavy atom. The number of carbonyl (C=O) groups excluding carboxylic acids is 1. The van der Waals surface area contributed by atoms with Crippen LogP contribution in [0.15, 0.2) is 47.1 Å². The Kier molecular flexibility index (Phi) is 6.09. The van der Waals surface area contributed by atoms with Crippen LogP contribution in [0.3, 0.4) is 0 Å². The van der Waals surface area contributed by atoms with Crippen LogP contribution in [0.4, 0.5) is 0 Å². The van der Waals surface area contributed by atoms with Crippen molar-refractivity contribution in [2.24, 2.45) is 0 Å². The molecule has 0 saturated heterocycles. The second-order valence-electron chi connectivity index (χ2n) is 5.87. The van der Waals surface area contributed by atoms with E-state index in [1.54, 1.807) is 36.4 Å².